The van der Waals surface area contributed by atoms with Gasteiger partial charge in [0, 0.05) is 22.2 Å². The molecule has 0 fully saturated rings. The fourth-order valence-corrected chi connectivity index (χ4v) is 3.30. The zero-order chi connectivity index (χ0) is 17.4. The van der Waals surface area contributed by atoms with Crippen molar-refractivity contribution in [2.75, 3.05) is 6.61 Å². The first kappa shape index (κ1) is 15.7. The van der Waals surface area contributed by atoms with E-state index in [1.807, 2.05) is 66.1 Å². The normalized spacial score (nSPS) is 11.1. The summed E-state index contributed by atoms with van der Waals surface area (Å²) in [4.78, 5) is 12.6. The van der Waals surface area contributed by atoms with Gasteiger partial charge in [0.1, 0.15) is 5.69 Å². The van der Waals surface area contributed by atoms with Gasteiger partial charge in [-0.25, -0.2) is 4.79 Å². The molecule has 25 heavy (non-hydrogen) atoms. The lowest BCUT2D eigenvalue weighted by atomic mass is 10.1. The molecule has 0 aliphatic heterocycles. The highest BCUT2D eigenvalue weighted by molar-refractivity contribution is 6.30. The lowest BCUT2D eigenvalue weighted by Crippen LogP contribution is -2.09. The number of esters is 1. The van der Waals surface area contributed by atoms with Crippen molar-refractivity contribution in [3.63, 3.8) is 0 Å². The van der Waals surface area contributed by atoms with Crippen molar-refractivity contribution in [3.8, 4) is 11.1 Å². The van der Waals surface area contributed by atoms with Gasteiger partial charge in [0.25, 0.3) is 0 Å². The topological polar surface area (TPSA) is 30.7 Å². The molecule has 0 aliphatic carbocycles. The molecular weight excluding hydrogens is 334 g/mol. The summed E-state index contributed by atoms with van der Waals surface area (Å²) in [6, 6.07) is 19.7. The molecule has 0 radical (unpaired) electrons. The van der Waals surface area contributed by atoms with Crippen LogP contribution in [0.1, 0.15) is 17.4 Å². The molecule has 0 saturated carbocycles. The number of carbonyl (C=O) groups is 1. The van der Waals surface area contributed by atoms with Crippen LogP contribution in [0.5, 0.6) is 0 Å². The quantitative estimate of drug-likeness (QED) is 0.451. The number of pyridine rings is 1. The number of aromatic nitrogens is 1. The molecule has 0 N–H and O–H groups in total. The largest absolute Gasteiger partial charge is 0.461 e. The fourth-order valence-electron chi connectivity index (χ4n) is 3.17. The summed E-state index contributed by atoms with van der Waals surface area (Å²) in [6.45, 7) is 2.14. The van der Waals surface area contributed by atoms with Crippen LogP contribution in [0.25, 0.3) is 27.4 Å². The minimum absolute atomic E-state index is 0.331. The maximum Gasteiger partial charge on any atom is 0.355 e. The second-order valence-electron chi connectivity index (χ2n) is 5.79. The average Bonchev–Trinajstić information content (AvgIpc) is 3.02. The maximum absolute atomic E-state index is 12.6. The van der Waals surface area contributed by atoms with Crippen LogP contribution in [-0.2, 0) is 4.74 Å². The Kier molecular flexibility index (Phi) is 3.94. The van der Waals surface area contributed by atoms with Gasteiger partial charge in [0.15, 0.2) is 0 Å². The Morgan fingerprint density at radius 2 is 1.84 bits per heavy atom. The molecule has 0 unspecified atom stereocenters. The lowest BCUT2D eigenvalue weighted by molar-refractivity contribution is 0.0519. The standard InChI is InChI=1S/C21H16ClNO2/c1-2-25-21(24)20-18(15-7-9-16(22)10-8-15)13-19-17-6-4-3-5-14(17)11-12-23(19)20/h3-13H,2H2,1H3. The SMILES string of the molecule is CCOC(=O)c1c(-c2ccc(Cl)cc2)cc2c3ccccc3ccn12. The van der Waals surface area contributed by atoms with E-state index in [1.165, 1.54) is 0 Å². The number of hydrogen-bond donors (Lipinski definition) is 0. The molecule has 4 aromatic rings. The number of carbonyl (C=O) groups excluding carboxylic acids is 1. The Morgan fingerprint density at radius 3 is 2.60 bits per heavy atom. The van der Waals surface area contributed by atoms with Gasteiger partial charge < -0.3 is 9.14 Å². The van der Waals surface area contributed by atoms with Crippen LogP contribution < -0.4 is 0 Å². The number of rotatable bonds is 3. The third-order valence-corrected chi connectivity index (χ3v) is 4.55. The summed E-state index contributed by atoms with van der Waals surface area (Å²) in [5.41, 5.74) is 3.28. The predicted molar refractivity (Wildman–Crippen MR) is 101 cm³/mol. The van der Waals surface area contributed by atoms with Crippen LogP contribution >= 0.6 is 11.6 Å². The number of benzene rings is 2. The van der Waals surface area contributed by atoms with Crippen molar-refractivity contribution in [2.24, 2.45) is 0 Å². The molecule has 0 saturated heterocycles. The fraction of sp³-hybridized carbons (Fsp3) is 0.0952. The maximum atomic E-state index is 12.6. The number of nitrogens with zero attached hydrogens (tertiary/aromatic N) is 1. The molecule has 2 aromatic carbocycles. The van der Waals surface area contributed by atoms with Gasteiger partial charge >= 0.3 is 5.97 Å². The molecule has 3 nitrogen and oxygen atoms in total. The average molecular weight is 350 g/mol. The molecule has 0 spiro atoms. The Balaban J connectivity index is 2.05. The molecular formula is C21H16ClNO2. The third-order valence-electron chi connectivity index (χ3n) is 4.30. The van der Waals surface area contributed by atoms with Crippen LogP contribution in [0.3, 0.4) is 0 Å². The summed E-state index contributed by atoms with van der Waals surface area (Å²) in [6.07, 6.45) is 1.92. The summed E-state index contributed by atoms with van der Waals surface area (Å²) < 4.78 is 7.21. The molecule has 0 bridgehead atoms. The first-order chi connectivity index (χ1) is 12.2. The molecule has 0 aliphatic rings. The van der Waals surface area contributed by atoms with E-state index < -0.39 is 0 Å². The molecule has 124 valence electrons. The van der Waals surface area contributed by atoms with Crippen molar-refractivity contribution < 1.29 is 9.53 Å². The van der Waals surface area contributed by atoms with Gasteiger partial charge in [-0.05, 0) is 42.1 Å². The van der Waals surface area contributed by atoms with E-state index in [2.05, 4.69) is 12.1 Å². The van der Waals surface area contributed by atoms with Crippen molar-refractivity contribution in [3.05, 3.63) is 77.6 Å². The zero-order valence-electron chi connectivity index (χ0n) is 13.7. The van der Waals surface area contributed by atoms with Crippen molar-refractivity contribution in [2.45, 2.75) is 6.92 Å². The minimum Gasteiger partial charge on any atom is -0.461 e. The second kappa shape index (κ2) is 6.26. The van der Waals surface area contributed by atoms with Crippen LogP contribution in [0.4, 0.5) is 0 Å². The van der Waals surface area contributed by atoms with Crippen LogP contribution in [0.15, 0.2) is 66.9 Å². The van der Waals surface area contributed by atoms with Gasteiger partial charge in [0.05, 0.1) is 12.1 Å². The van der Waals surface area contributed by atoms with E-state index in [-0.39, 0.29) is 5.97 Å². The smallest absolute Gasteiger partial charge is 0.355 e. The van der Waals surface area contributed by atoms with E-state index in [4.69, 9.17) is 16.3 Å². The highest BCUT2D eigenvalue weighted by Gasteiger charge is 2.21. The Hall–Kier alpha value is -2.78. The lowest BCUT2D eigenvalue weighted by Gasteiger charge is -2.07. The molecule has 4 rings (SSSR count). The minimum atomic E-state index is -0.331. The summed E-state index contributed by atoms with van der Waals surface area (Å²) in [5.74, 6) is -0.331. The van der Waals surface area contributed by atoms with Gasteiger partial charge in [-0.1, -0.05) is 48.0 Å². The first-order valence-corrected chi connectivity index (χ1v) is 8.52. The highest BCUT2D eigenvalue weighted by atomic mass is 35.5. The molecule has 2 heterocycles. The number of hydrogen-bond acceptors (Lipinski definition) is 2. The van der Waals surface area contributed by atoms with E-state index in [9.17, 15) is 4.79 Å². The number of ether oxygens (including phenoxy) is 1. The van der Waals surface area contributed by atoms with E-state index in [0.29, 0.717) is 17.3 Å². The Morgan fingerprint density at radius 1 is 1.08 bits per heavy atom. The van der Waals surface area contributed by atoms with Gasteiger partial charge in [-0.2, -0.15) is 0 Å². The Bertz CT molecular complexity index is 1080. The monoisotopic (exact) mass is 349 g/mol. The van der Waals surface area contributed by atoms with Crippen molar-refractivity contribution in [1.29, 1.82) is 0 Å². The Labute approximate surface area is 150 Å². The van der Waals surface area contributed by atoms with Crippen LogP contribution in [0.2, 0.25) is 5.02 Å². The first-order valence-electron chi connectivity index (χ1n) is 8.15. The van der Waals surface area contributed by atoms with Gasteiger partial charge in [0.2, 0.25) is 0 Å². The van der Waals surface area contributed by atoms with Crippen LogP contribution in [-0.4, -0.2) is 17.0 Å². The summed E-state index contributed by atoms with van der Waals surface area (Å²) >= 11 is 6.01. The predicted octanol–water partition coefficient (Wildman–Crippen LogP) is 5.59. The molecule has 2 aromatic heterocycles. The number of fused-ring (bicyclic) bond motifs is 3. The van der Waals surface area contributed by atoms with Gasteiger partial charge in [-0.3, -0.25) is 0 Å². The highest BCUT2D eigenvalue weighted by Crippen LogP contribution is 2.32. The van der Waals surface area contributed by atoms with Crippen molar-refractivity contribution in [1.82, 2.24) is 4.40 Å². The summed E-state index contributed by atoms with van der Waals surface area (Å²) in [5, 5.41) is 2.89. The molecule has 0 amide bonds. The van der Waals surface area contributed by atoms with E-state index >= 15 is 0 Å². The van der Waals surface area contributed by atoms with E-state index in [1.54, 1.807) is 0 Å². The van der Waals surface area contributed by atoms with Gasteiger partial charge in [-0.15, -0.1) is 0 Å². The molecule has 4 heteroatoms. The summed E-state index contributed by atoms with van der Waals surface area (Å²) in [7, 11) is 0. The van der Waals surface area contributed by atoms with E-state index in [0.717, 1.165) is 27.4 Å². The number of halogens is 1. The second-order valence-corrected chi connectivity index (χ2v) is 6.23. The molecule has 0 atom stereocenters. The third kappa shape index (κ3) is 2.67. The van der Waals surface area contributed by atoms with Crippen LogP contribution in [0, 0.1) is 0 Å². The zero-order valence-corrected chi connectivity index (χ0v) is 14.5. The van der Waals surface area contributed by atoms with Crippen molar-refractivity contribution >= 4 is 33.9 Å².